The Kier molecular flexibility index (Phi) is 2.70. The smallest absolute Gasteiger partial charge is 0.144 e. The zero-order valence-electron chi connectivity index (χ0n) is 8.76. The van der Waals surface area contributed by atoms with Crippen LogP contribution < -0.4 is 0 Å². The fraction of sp³-hybridized carbons (Fsp3) is 0.143. The summed E-state index contributed by atoms with van der Waals surface area (Å²) in [6, 6.07) is 11.9. The Balaban J connectivity index is 2.34. The molecule has 0 heterocycles. The summed E-state index contributed by atoms with van der Waals surface area (Å²) in [6.07, 6.45) is 6.57. The van der Waals surface area contributed by atoms with Crippen LogP contribution in [0.15, 0.2) is 48.6 Å². The number of carbonyl (C=O) groups is 1. The molecule has 1 aliphatic rings. The number of nitrogens with zero attached hydrogens (tertiary/aromatic N) is 1. The Hall–Kier alpha value is -2.14. The van der Waals surface area contributed by atoms with E-state index in [4.69, 9.17) is 5.26 Å². The van der Waals surface area contributed by atoms with Crippen molar-refractivity contribution < 1.29 is 4.79 Å². The standard InChI is InChI=1S/C14H11NO/c15-10-14(11-16)8-4-7-13(9-14)12-5-2-1-3-6-12/h1-8,11H,9H2. The molecule has 1 unspecified atom stereocenters. The van der Waals surface area contributed by atoms with Gasteiger partial charge in [0.2, 0.25) is 0 Å². The van der Waals surface area contributed by atoms with Crippen molar-refractivity contribution in [3.05, 3.63) is 54.1 Å². The molecular weight excluding hydrogens is 198 g/mol. The van der Waals surface area contributed by atoms with Gasteiger partial charge in [-0.25, -0.2) is 0 Å². The highest BCUT2D eigenvalue weighted by molar-refractivity contribution is 5.78. The highest BCUT2D eigenvalue weighted by Gasteiger charge is 2.29. The molecule has 1 aromatic rings. The molecule has 0 amide bonds. The molecule has 78 valence electrons. The maximum absolute atomic E-state index is 11.0. The maximum Gasteiger partial charge on any atom is 0.144 e. The van der Waals surface area contributed by atoms with E-state index in [1.807, 2.05) is 36.4 Å². The summed E-state index contributed by atoms with van der Waals surface area (Å²) in [4.78, 5) is 11.0. The first kappa shape index (κ1) is 10.4. The molecule has 1 aromatic carbocycles. The first-order valence-corrected chi connectivity index (χ1v) is 5.11. The molecule has 16 heavy (non-hydrogen) atoms. The molecule has 0 spiro atoms. The van der Waals surface area contributed by atoms with Crippen LogP contribution in [0.5, 0.6) is 0 Å². The minimum absolute atomic E-state index is 0.452. The Morgan fingerprint density at radius 3 is 2.69 bits per heavy atom. The highest BCUT2D eigenvalue weighted by atomic mass is 16.1. The second-order valence-electron chi connectivity index (χ2n) is 3.86. The Labute approximate surface area is 94.5 Å². The molecule has 0 bridgehead atoms. The van der Waals surface area contributed by atoms with Gasteiger partial charge < -0.3 is 4.79 Å². The lowest BCUT2D eigenvalue weighted by Gasteiger charge is -2.21. The van der Waals surface area contributed by atoms with Crippen LogP contribution in [0.2, 0.25) is 0 Å². The van der Waals surface area contributed by atoms with Crippen LogP contribution in [0.25, 0.3) is 5.57 Å². The van der Waals surface area contributed by atoms with E-state index >= 15 is 0 Å². The quantitative estimate of drug-likeness (QED) is 0.703. The molecule has 0 aliphatic heterocycles. The van der Waals surface area contributed by atoms with Gasteiger partial charge in [0.25, 0.3) is 0 Å². The summed E-state index contributed by atoms with van der Waals surface area (Å²) in [7, 11) is 0. The van der Waals surface area contributed by atoms with Gasteiger partial charge in [-0.3, -0.25) is 0 Å². The second-order valence-corrected chi connectivity index (χ2v) is 3.86. The summed E-state index contributed by atoms with van der Waals surface area (Å²) in [5.74, 6) is 0. The van der Waals surface area contributed by atoms with Gasteiger partial charge >= 0.3 is 0 Å². The number of hydrogen-bond donors (Lipinski definition) is 0. The van der Waals surface area contributed by atoms with Gasteiger partial charge in [0.05, 0.1) is 6.07 Å². The number of nitriles is 1. The van der Waals surface area contributed by atoms with E-state index < -0.39 is 5.41 Å². The van der Waals surface area contributed by atoms with Gasteiger partial charge in [-0.15, -0.1) is 0 Å². The molecular formula is C14H11NO. The van der Waals surface area contributed by atoms with Gasteiger partial charge in [-0.05, 0) is 11.1 Å². The number of aldehydes is 1. The zero-order chi connectivity index (χ0) is 11.4. The summed E-state index contributed by atoms with van der Waals surface area (Å²) in [5.41, 5.74) is 1.10. The SMILES string of the molecule is N#CC1(C=O)C=CC=C(c2ccccc2)C1. The molecule has 1 atom stereocenters. The third-order valence-electron chi connectivity index (χ3n) is 2.74. The van der Waals surface area contributed by atoms with E-state index in [2.05, 4.69) is 6.07 Å². The molecule has 0 fully saturated rings. The van der Waals surface area contributed by atoms with Crippen LogP contribution in [-0.2, 0) is 4.79 Å². The first-order valence-electron chi connectivity index (χ1n) is 5.11. The molecule has 0 aromatic heterocycles. The topological polar surface area (TPSA) is 40.9 Å². The van der Waals surface area contributed by atoms with Gasteiger partial charge in [0, 0.05) is 6.42 Å². The van der Waals surface area contributed by atoms with E-state index in [9.17, 15) is 4.79 Å². The average Bonchev–Trinajstić information content (AvgIpc) is 2.40. The molecule has 0 N–H and O–H groups in total. The highest BCUT2D eigenvalue weighted by Crippen LogP contribution is 2.34. The van der Waals surface area contributed by atoms with Gasteiger partial charge in [-0.1, -0.05) is 48.6 Å². The van der Waals surface area contributed by atoms with E-state index in [1.165, 1.54) is 0 Å². The minimum atomic E-state index is -0.986. The Bertz CT molecular complexity index is 493. The molecule has 2 rings (SSSR count). The van der Waals surface area contributed by atoms with Crippen molar-refractivity contribution in [3.8, 4) is 6.07 Å². The lowest BCUT2D eigenvalue weighted by atomic mass is 9.79. The van der Waals surface area contributed by atoms with Crippen LogP contribution in [-0.4, -0.2) is 6.29 Å². The summed E-state index contributed by atoms with van der Waals surface area (Å²) < 4.78 is 0. The fourth-order valence-corrected chi connectivity index (χ4v) is 1.80. The predicted octanol–water partition coefficient (Wildman–Crippen LogP) is 2.74. The normalized spacial score (nSPS) is 23.3. The molecule has 0 radical (unpaired) electrons. The van der Waals surface area contributed by atoms with E-state index in [0.717, 1.165) is 17.4 Å². The lowest BCUT2D eigenvalue weighted by molar-refractivity contribution is -0.112. The Morgan fingerprint density at radius 1 is 1.31 bits per heavy atom. The minimum Gasteiger partial charge on any atom is -0.301 e. The largest absolute Gasteiger partial charge is 0.301 e. The van der Waals surface area contributed by atoms with Crippen molar-refractivity contribution in [2.75, 3.05) is 0 Å². The van der Waals surface area contributed by atoms with Crippen molar-refractivity contribution in [3.63, 3.8) is 0 Å². The van der Waals surface area contributed by atoms with E-state index in [0.29, 0.717) is 6.42 Å². The number of rotatable bonds is 2. The van der Waals surface area contributed by atoms with Crippen molar-refractivity contribution in [2.45, 2.75) is 6.42 Å². The number of carbonyl (C=O) groups excluding carboxylic acids is 1. The van der Waals surface area contributed by atoms with Crippen LogP contribution in [0.4, 0.5) is 0 Å². The van der Waals surface area contributed by atoms with Crippen molar-refractivity contribution in [2.24, 2.45) is 5.41 Å². The van der Waals surface area contributed by atoms with Crippen LogP contribution >= 0.6 is 0 Å². The molecule has 0 saturated carbocycles. The van der Waals surface area contributed by atoms with Crippen molar-refractivity contribution in [1.82, 2.24) is 0 Å². The van der Waals surface area contributed by atoms with E-state index in [1.54, 1.807) is 12.2 Å². The molecule has 2 heteroatoms. The third kappa shape index (κ3) is 1.80. The molecule has 0 saturated heterocycles. The van der Waals surface area contributed by atoms with Crippen LogP contribution in [0, 0.1) is 16.7 Å². The van der Waals surface area contributed by atoms with Crippen molar-refractivity contribution >= 4 is 11.9 Å². The second kappa shape index (κ2) is 4.16. The van der Waals surface area contributed by atoms with E-state index in [-0.39, 0.29) is 0 Å². The number of allylic oxidation sites excluding steroid dienone is 4. The average molecular weight is 209 g/mol. The van der Waals surface area contributed by atoms with Gasteiger partial charge in [0.15, 0.2) is 0 Å². The summed E-state index contributed by atoms with van der Waals surface area (Å²) >= 11 is 0. The lowest BCUT2D eigenvalue weighted by Crippen LogP contribution is -2.19. The zero-order valence-corrected chi connectivity index (χ0v) is 8.76. The maximum atomic E-state index is 11.0. The monoisotopic (exact) mass is 209 g/mol. The summed E-state index contributed by atoms with van der Waals surface area (Å²) in [6.45, 7) is 0. The van der Waals surface area contributed by atoms with Crippen LogP contribution in [0.1, 0.15) is 12.0 Å². The van der Waals surface area contributed by atoms with Crippen molar-refractivity contribution in [1.29, 1.82) is 5.26 Å². The summed E-state index contributed by atoms with van der Waals surface area (Å²) in [5, 5.41) is 9.05. The number of hydrogen-bond acceptors (Lipinski definition) is 2. The first-order chi connectivity index (χ1) is 7.79. The van der Waals surface area contributed by atoms with Gasteiger partial charge in [0.1, 0.15) is 11.7 Å². The predicted molar refractivity (Wildman–Crippen MR) is 62.3 cm³/mol. The molecule has 1 aliphatic carbocycles. The Morgan fingerprint density at radius 2 is 2.06 bits per heavy atom. The third-order valence-corrected chi connectivity index (χ3v) is 2.74. The molecule has 2 nitrogen and oxygen atoms in total. The fourth-order valence-electron chi connectivity index (χ4n) is 1.80. The van der Waals surface area contributed by atoms with Crippen LogP contribution in [0.3, 0.4) is 0 Å². The number of benzene rings is 1. The van der Waals surface area contributed by atoms with Gasteiger partial charge in [-0.2, -0.15) is 5.26 Å².